The van der Waals surface area contributed by atoms with Gasteiger partial charge in [0.1, 0.15) is 11.9 Å². The van der Waals surface area contributed by atoms with Gasteiger partial charge in [-0.15, -0.1) is 0 Å². The van der Waals surface area contributed by atoms with E-state index in [0.29, 0.717) is 36.4 Å². The maximum absolute atomic E-state index is 12.8. The Labute approximate surface area is 186 Å². The molecule has 0 unspecified atom stereocenters. The van der Waals surface area contributed by atoms with E-state index in [1.54, 1.807) is 6.07 Å². The monoisotopic (exact) mass is 437 g/mol. The van der Waals surface area contributed by atoms with Gasteiger partial charge in [-0.2, -0.15) is 0 Å². The Morgan fingerprint density at radius 3 is 2.47 bits per heavy atom. The van der Waals surface area contributed by atoms with Gasteiger partial charge in [0, 0.05) is 32.0 Å². The molecule has 1 aliphatic carbocycles. The highest BCUT2D eigenvalue weighted by Crippen LogP contribution is 2.36. The van der Waals surface area contributed by atoms with Gasteiger partial charge in [-0.1, -0.05) is 12.1 Å². The number of aromatic nitrogens is 2. The van der Waals surface area contributed by atoms with Crippen LogP contribution in [0.4, 0.5) is 5.69 Å². The molecule has 0 bridgehead atoms. The highest BCUT2D eigenvalue weighted by Gasteiger charge is 2.51. The van der Waals surface area contributed by atoms with Crippen LogP contribution in [0.1, 0.15) is 46.4 Å². The molecule has 1 aromatic carbocycles. The topological polar surface area (TPSA) is 114 Å². The summed E-state index contributed by atoms with van der Waals surface area (Å²) < 4.78 is 4.90. The fourth-order valence-corrected chi connectivity index (χ4v) is 4.06. The van der Waals surface area contributed by atoms with Crippen molar-refractivity contribution in [1.29, 1.82) is 0 Å². The highest BCUT2D eigenvalue weighted by atomic mass is 16.5. The van der Waals surface area contributed by atoms with Crippen LogP contribution in [0.25, 0.3) is 0 Å². The first kappa shape index (κ1) is 21.7. The van der Waals surface area contributed by atoms with Crippen molar-refractivity contribution in [3.63, 3.8) is 0 Å². The maximum Gasteiger partial charge on any atom is 0.339 e. The summed E-state index contributed by atoms with van der Waals surface area (Å²) in [6.07, 6.45) is 7.27. The summed E-state index contributed by atoms with van der Waals surface area (Å²) in [6.45, 7) is 2.16. The number of ether oxygens (including phenoxy) is 1. The van der Waals surface area contributed by atoms with E-state index in [9.17, 15) is 14.4 Å². The molecule has 2 fully saturated rings. The van der Waals surface area contributed by atoms with Gasteiger partial charge in [0.2, 0.25) is 5.91 Å². The largest absolute Gasteiger partial charge is 0.465 e. The van der Waals surface area contributed by atoms with Gasteiger partial charge in [0.25, 0.3) is 5.91 Å². The van der Waals surface area contributed by atoms with Gasteiger partial charge in [0.05, 0.1) is 23.9 Å². The molecule has 2 amide bonds. The van der Waals surface area contributed by atoms with Crippen LogP contribution in [0, 0.1) is 5.92 Å². The zero-order valence-corrected chi connectivity index (χ0v) is 18.0. The molecule has 1 aromatic heterocycles. The molecule has 168 valence electrons. The smallest absolute Gasteiger partial charge is 0.339 e. The van der Waals surface area contributed by atoms with Crippen LogP contribution in [-0.4, -0.2) is 60.0 Å². The van der Waals surface area contributed by atoms with Crippen molar-refractivity contribution in [2.24, 2.45) is 5.92 Å². The Hall–Kier alpha value is -3.49. The number of esters is 1. The molecule has 4 rings (SSSR count). The zero-order valence-electron chi connectivity index (χ0n) is 18.0. The third-order valence-electron chi connectivity index (χ3n) is 6.18. The van der Waals surface area contributed by atoms with Gasteiger partial charge in [-0.3, -0.25) is 9.59 Å². The number of hydrogen-bond donors (Lipinski definition) is 2. The summed E-state index contributed by atoms with van der Waals surface area (Å²) in [5.74, 6) is -0.472. The molecule has 0 radical (unpaired) electrons. The Morgan fingerprint density at radius 1 is 1.12 bits per heavy atom. The van der Waals surface area contributed by atoms with E-state index in [0.717, 1.165) is 31.6 Å². The average molecular weight is 438 g/mol. The maximum atomic E-state index is 12.8. The van der Waals surface area contributed by atoms with Gasteiger partial charge < -0.3 is 20.3 Å². The molecule has 9 heteroatoms. The van der Waals surface area contributed by atoms with Crippen molar-refractivity contribution in [2.75, 3.05) is 31.6 Å². The molecule has 32 heavy (non-hydrogen) atoms. The molecule has 2 N–H and O–H groups in total. The van der Waals surface area contributed by atoms with E-state index in [1.165, 1.54) is 25.8 Å². The number of anilines is 1. The number of carbonyl (C=O) groups excluding carboxylic acids is 3. The van der Waals surface area contributed by atoms with Crippen molar-refractivity contribution >= 4 is 23.5 Å². The number of piperidine rings is 1. The summed E-state index contributed by atoms with van der Waals surface area (Å²) in [5, 5.41) is 5.87. The Bertz CT molecular complexity index is 985. The normalized spacial score (nSPS) is 17.3. The predicted octanol–water partition coefficient (Wildman–Crippen LogP) is 1.56. The van der Waals surface area contributed by atoms with Crippen LogP contribution >= 0.6 is 0 Å². The fraction of sp³-hybridized carbons (Fsp3) is 0.435. The van der Waals surface area contributed by atoms with E-state index in [2.05, 4.69) is 25.5 Å². The summed E-state index contributed by atoms with van der Waals surface area (Å²) in [6, 6.07) is 7.46. The van der Waals surface area contributed by atoms with E-state index in [4.69, 9.17) is 4.74 Å². The second-order valence-electron chi connectivity index (χ2n) is 8.31. The quantitative estimate of drug-likeness (QED) is 0.632. The van der Waals surface area contributed by atoms with Crippen LogP contribution in [0.2, 0.25) is 0 Å². The number of rotatable bonds is 7. The number of nitrogens with one attached hydrogen (secondary N) is 2. The molecular formula is C23H27N5O4. The molecule has 0 spiro atoms. The van der Waals surface area contributed by atoms with E-state index < -0.39 is 5.54 Å². The van der Waals surface area contributed by atoms with E-state index in [1.807, 2.05) is 18.2 Å². The molecule has 2 aromatic rings. The lowest BCUT2D eigenvalue weighted by atomic mass is 9.95. The molecule has 2 aliphatic rings. The molecule has 1 saturated carbocycles. The summed E-state index contributed by atoms with van der Waals surface area (Å²) in [7, 11) is 1.39. The zero-order chi connectivity index (χ0) is 22.6. The van der Waals surface area contributed by atoms with Gasteiger partial charge in [-0.05, 0) is 43.7 Å². The molecule has 1 saturated heterocycles. The lowest BCUT2D eigenvalue weighted by Gasteiger charge is -2.34. The third kappa shape index (κ3) is 4.71. The average Bonchev–Trinajstić information content (AvgIpc) is 3.63. The second kappa shape index (κ2) is 9.33. The molecule has 9 nitrogen and oxygen atoms in total. The lowest BCUT2D eigenvalue weighted by Crippen LogP contribution is -2.50. The van der Waals surface area contributed by atoms with Crippen molar-refractivity contribution in [2.45, 2.75) is 31.2 Å². The molecule has 0 atom stereocenters. The van der Waals surface area contributed by atoms with Crippen LogP contribution in [-0.2, 0) is 9.53 Å². The summed E-state index contributed by atoms with van der Waals surface area (Å²) in [4.78, 5) is 47.1. The van der Waals surface area contributed by atoms with Crippen molar-refractivity contribution < 1.29 is 19.1 Å². The molecule has 2 heterocycles. The SMILES string of the molecule is COC(=O)c1ccccc1N1CCC(CNC(=O)C2(NC(=O)c3cncnc3)CC2)CC1. The predicted molar refractivity (Wildman–Crippen MR) is 117 cm³/mol. The van der Waals surface area contributed by atoms with Crippen LogP contribution in [0.15, 0.2) is 43.0 Å². The first-order chi connectivity index (χ1) is 15.5. The number of methoxy groups -OCH3 is 1. The van der Waals surface area contributed by atoms with Gasteiger partial charge >= 0.3 is 5.97 Å². The third-order valence-corrected chi connectivity index (χ3v) is 6.18. The van der Waals surface area contributed by atoms with Crippen molar-refractivity contribution in [3.05, 3.63) is 54.1 Å². The van der Waals surface area contributed by atoms with Crippen LogP contribution in [0.5, 0.6) is 0 Å². The molecule has 1 aliphatic heterocycles. The second-order valence-corrected chi connectivity index (χ2v) is 8.31. The number of carbonyl (C=O) groups is 3. The van der Waals surface area contributed by atoms with Gasteiger partial charge in [0.15, 0.2) is 0 Å². The fourth-order valence-electron chi connectivity index (χ4n) is 4.06. The first-order valence-corrected chi connectivity index (χ1v) is 10.8. The van der Waals surface area contributed by atoms with Crippen LogP contribution in [0.3, 0.4) is 0 Å². The number of para-hydroxylation sites is 1. The van der Waals surface area contributed by atoms with Gasteiger partial charge in [-0.25, -0.2) is 14.8 Å². The number of amides is 2. The van der Waals surface area contributed by atoms with Crippen molar-refractivity contribution in [3.8, 4) is 0 Å². The minimum Gasteiger partial charge on any atom is -0.465 e. The number of nitrogens with zero attached hydrogens (tertiary/aromatic N) is 3. The molecular weight excluding hydrogens is 410 g/mol. The Kier molecular flexibility index (Phi) is 6.34. The lowest BCUT2D eigenvalue weighted by molar-refractivity contribution is -0.124. The minimum atomic E-state index is -0.826. The highest BCUT2D eigenvalue weighted by molar-refractivity contribution is 6.00. The minimum absolute atomic E-state index is 0.138. The van der Waals surface area contributed by atoms with E-state index in [-0.39, 0.29) is 17.8 Å². The number of benzene rings is 1. The first-order valence-electron chi connectivity index (χ1n) is 10.8. The van der Waals surface area contributed by atoms with Crippen LogP contribution < -0.4 is 15.5 Å². The standard InChI is InChI=1S/C23H27N5O4/c1-32-21(30)18-4-2-3-5-19(18)28-10-6-16(7-11-28)12-26-22(31)23(8-9-23)27-20(29)17-13-24-15-25-14-17/h2-5,13-16H,6-12H2,1H3,(H,26,31)(H,27,29). The van der Waals surface area contributed by atoms with Crippen molar-refractivity contribution in [1.82, 2.24) is 20.6 Å². The van der Waals surface area contributed by atoms with E-state index >= 15 is 0 Å². The summed E-state index contributed by atoms with van der Waals surface area (Å²) >= 11 is 0. The Balaban J connectivity index is 1.27. The number of hydrogen-bond acceptors (Lipinski definition) is 7. The summed E-state index contributed by atoms with van der Waals surface area (Å²) in [5.41, 5.74) is 0.960. The Morgan fingerprint density at radius 2 is 1.81 bits per heavy atom.